The van der Waals surface area contributed by atoms with Crippen LogP contribution in [-0.2, 0) is 0 Å². The Bertz CT molecular complexity index is 3390. The van der Waals surface area contributed by atoms with Gasteiger partial charge in [-0.2, -0.15) is 0 Å². The van der Waals surface area contributed by atoms with Crippen LogP contribution >= 0.6 is 11.3 Å². The summed E-state index contributed by atoms with van der Waals surface area (Å²) < 4.78 is 15.7. The molecule has 0 saturated heterocycles. The van der Waals surface area contributed by atoms with Crippen LogP contribution in [-0.4, -0.2) is 0 Å². The number of hydrogen-bond acceptors (Lipinski definition) is 3. The van der Waals surface area contributed by atoms with Gasteiger partial charge in [-0.25, -0.2) is 0 Å². The molecule has 3 aromatic heterocycles. The van der Waals surface area contributed by atoms with Crippen molar-refractivity contribution in [3.05, 3.63) is 170 Å². The summed E-state index contributed by atoms with van der Waals surface area (Å²) in [6, 6.07) is 61.3. The quantitative estimate of drug-likeness (QED) is 0.172. The number of benzene rings is 9. The molecule has 0 spiro atoms. The Morgan fingerprint density at radius 2 is 0.906 bits per heavy atom. The first-order valence-corrected chi connectivity index (χ1v) is 18.8. The van der Waals surface area contributed by atoms with Crippen LogP contribution in [0.3, 0.4) is 0 Å². The van der Waals surface area contributed by atoms with Crippen LogP contribution in [0.2, 0.25) is 0 Å². The lowest BCUT2D eigenvalue weighted by Crippen LogP contribution is -1.92. The third-order valence-electron chi connectivity index (χ3n) is 11.0. The van der Waals surface area contributed by atoms with Crippen molar-refractivity contribution in [2.45, 2.75) is 0 Å². The average Bonchev–Trinajstić information content (AvgIpc) is 3.89. The van der Waals surface area contributed by atoms with Crippen molar-refractivity contribution in [2.75, 3.05) is 0 Å². The van der Waals surface area contributed by atoms with Crippen LogP contribution < -0.4 is 0 Å². The minimum atomic E-state index is 0.864. The number of fused-ring (bicyclic) bond motifs is 11. The van der Waals surface area contributed by atoms with Gasteiger partial charge in [0.1, 0.15) is 22.3 Å². The van der Waals surface area contributed by atoms with Crippen LogP contribution in [0.25, 0.3) is 119 Å². The van der Waals surface area contributed by atoms with Crippen LogP contribution in [0.15, 0.2) is 179 Å². The molecule has 3 heteroatoms. The molecule has 0 unspecified atom stereocenters. The Balaban J connectivity index is 1.19. The minimum Gasteiger partial charge on any atom is -0.456 e. The molecule has 9 aromatic carbocycles. The molecule has 3 heterocycles. The van der Waals surface area contributed by atoms with Gasteiger partial charge in [0.15, 0.2) is 0 Å². The molecule has 2 nitrogen and oxygen atoms in total. The molecule has 12 aromatic rings. The summed E-state index contributed by atoms with van der Waals surface area (Å²) in [5.41, 5.74) is 10.7. The van der Waals surface area contributed by atoms with E-state index in [-0.39, 0.29) is 0 Å². The van der Waals surface area contributed by atoms with E-state index in [2.05, 4.69) is 158 Å². The van der Waals surface area contributed by atoms with Crippen LogP contribution in [0.5, 0.6) is 0 Å². The van der Waals surface area contributed by atoms with E-state index < -0.39 is 0 Å². The monoisotopic (exact) mass is 692 g/mol. The highest BCUT2D eigenvalue weighted by Crippen LogP contribution is 2.50. The van der Waals surface area contributed by atoms with Gasteiger partial charge in [0, 0.05) is 47.3 Å². The van der Waals surface area contributed by atoms with Gasteiger partial charge in [-0.05, 0) is 85.8 Å². The molecule has 12 rings (SSSR count). The topological polar surface area (TPSA) is 26.3 Å². The van der Waals surface area contributed by atoms with Gasteiger partial charge in [0.25, 0.3) is 0 Å². The number of rotatable bonds is 3. The highest BCUT2D eigenvalue weighted by molar-refractivity contribution is 7.26. The molecule has 246 valence electrons. The second-order valence-corrected chi connectivity index (χ2v) is 15.0. The van der Waals surface area contributed by atoms with Gasteiger partial charge in [-0.1, -0.05) is 133 Å². The van der Waals surface area contributed by atoms with Crippen molar-refractivity contribution >= 4 is 96.9 Å². The van der Waals surface area contributed by atoms with Crippen LogP contribution in [0, 0.1) is 0 Å². The van der Waals surface area contributed by atoms with E-state index in [4.69, 9.17) is 8.83 Å². The molecule has 0 fully saturated rings. The molecular formula is C50H28O2S. The lowest BCUT2D eigenvalue weighted by Gasteiger charge is -2.19. The predicted octanol–water partition coefficient (Wildman–Crippen LogP) is 15.2. The molecule has 0 aliphatic carbocycles. The van der Waals surface area contributed by atoms with Crippen molar-refractivity contribution in [3.8, 4) is 33.4 Å². The Morgan fingerprint density at radius 1 is 0.321 bits per heavy atom. The average molecular weight is 693 g/mol. The molecule has 0 aliphatic heterocycles. The Labute approximate surface area is 307 Å². The first-order valence-electron chi connectivity index (χ1n) is 18.0. The number of hydrogen-bond donors (Lipinski definition) is 0. The molecule has 0 bridgehead atoms. The SMILES string of the molecule is c1ccc(-c2c3ccccc3c(-c3cc(-c4cccc5c4oc4cc6c(cc45)oc4ccccc46)cc4sc5ccccc5c34)c3ccccc23)cc1. The molecule has 0 N–H and O–H groups in total. The zero-order valence-electron chi connectivity index (χ0n) is 28.4. The molecular weight excluding hydrogens is 665 g/mol. The maximum atomic E-state index is 6.85. The predicted molar refractivity (Wildman–Crippen MR) is 225 cm³/mol. The molecule has 53 heavy (non-hydrogen) atoms. The maximum Gasteiger partial charge on any atom is 0.143 e. The van der Waals surface area contributed by atoms with E-state index in [1.165, 1.54) is 64.0 Å². The normalized spacial score (nSPS) is 12.2. The summed E-state index contributed by atoms with van der Waals surface area (Å²) >= 11 is 1.86. The van der Waals surface area contributed by atoms with Gasteiger partial charge >= 0.3 is 0 Å². The molecule has 0 saturated carbocycles. The van der Waals surface area contributed by atoms with E-state index in [0.29, 0.717) is 0 Å². The van der Waals surface area contributed by atoms with Crippen molar-refractivity contribution in [2.24, 2.45) is 0 Å². The summed E-state index contributed by atoms with van der Waals surface area (Å²) in [7, 11) is 0. The van der Waals surface area contributed by atoms with Gasteiger partial charge in [-0.15, -0.1) is 11.3 Å². The smallest absolute Gasteiger partial charge is 0.143 e. The van der Waals surface area contributed by atoms with Crippen LogP contribution in [0.4, 0.5) is 0 Å². The van der Waals surface area contributed by atoms with Gasteiger partial charge < -0.3 is 8.83 Å². The fourth-order valence-corrected chi connectivity index (χ4v) is 9.96. The Hall–Kier alpha value is -6.68. The lowest BCUT2D eigenvalue weighted by molar-refractivity contribution is 0.664. The largest absolute Gasteiger partial charge is 0.456 e. The molecule has 0 atom stereocenters. The summed E-state index contributed by atoms with van der Waals surface area (Å²) in [4.78, 5) is 0. The zero-order chi connectivity index (χ0) is 34.6. The van der Waals surface area contributed by atoms with Crippen LogP contribution in [0.1, 0.15) is 0 Å². The summed E-state index contributed by atoms with van der Waals surface area (Å²) in [5, 5.41) is 11.9. The van der Waals surface area contributed by atoms with Gasteiger partial charge in [0.2, 0.25) is 0 Å². The molecule has 0 aliphatic rings. The zero-order valence-corrected chi connectivity index (χ0v) is 29.2. The van der Waals surface area contributed by atoms with E-state index in [1.807, 2.05) is 23.5 Å². The van der Waals surface area contributed by atoms with Crippen molar-refractivity contribution < 1.29 is 8.83 Å². The van der Waals surface area contributed by atoms with E-state index in [1.54, 1.807) is 0 Å². The number of furan rings is 2. The fourth-order valence-electron chi connectivity index (χ4n) is 8.78. The molecule has 0 amide bonds. The van der Waals surface area contributed by atoms with E-state index in [9.17, 15) is 0 Å². The maximum absolute atomic E-state index is 6.85. The second kappa shape index (κ2) is 10.9. The first-order chi connectivity index (χ1) is 26.3. The van der Waals surface area contributed by atoms with E-state index in [0.717, 1.165) is 55.0 Å². The van der Waals surface area contributed by atoms with Gasteiger partial charge in [-0.3, -0.25) is 0 Å². The third-order valence-corrected chi connectivity index (χ3v) is 12.2. The minimum absolute atomic E-state index is 0.864. The van der Waals surface area contributed by atoms with Crippen molar-refractivity contribution in [3.63, 3.8) is 0 Å². The van der Waals surface area contributed by atoms with Crippen molar-refractivity contribution in [1.29, 1.82) is 0 Å². The molecule has 0 radical (unpaired) electrons. The highest BCUT2D eigenvalue weighted by Gasteiger charge is 2.22. The summed E-state index contributed by atoms with van der Waals surface area (Å²) in [6.07, 6.45) is 0. The standard InChI is InChI=1S/C50H28O2S/c1-2-13-29(14-3-1)47-33-16-4-6-18-35(33)48(36-19-7-5-17-34(36)47)41-25-30(26-46-49(41)38-20-9-11-24-45(38)53-46)31-21-12-22-37-40-28-43-39(27-44(40)52-50(31)37)32-15-8-10-23-42(32)51-43/h1-28H. The Kier molecular flexibility index (Phi) is 5.96. The van der Waals surface area contributed by atoms with Gasteiger partial charge in [0.05, 0.1) is 0 Å². The van der Waals surface area contributed by atoms with E-state index >= 15 is 0 Å². The fraction of sp³-hybridized carbons (Fsp3) is 0. The number of para-hydroxylation sites is 2. The highest BCUT2D eigenvalue weighted by atomic mass is 32.1. The lowest BCUT2D eigenvalue weighted by atomic mass is 9.84. The summed E-state index contributed by atoms with van der Waals surface area (Å²) in [5.74, 6) is 0. The Morgan fingerprint density at radius 3 is 1.66 bits per heavy atom. The number of thiophene rings is 1. The summed E-state index contributed by atoms with van der Waals surface area (Å²) in [6.45, 7) is 0. The van der Waals surface area contributed by atoms with Crippen molar-refractivity contribution in [1.82, 2.24) is 0 Å². The third kappa shape index (κ3) is 4.14. The first kappa shape index (κ1) is 29.0. The second-order valence-electron chi connectivity index (χ2n) is 13.9.